The van der Waals surface area contributed by atoms with E-state index in [0.29, 0.717) is 24.3 Å². The summed E-state index contributed by atoms with van der Waals surface area (Å²) < 4.78 is 32.6. The summed E-state index contributed by atoms with van der Waals surface area (Å²) in [4.78, 5) is 12.3. The highest BCUT2D eigenvalue weighted by molar-refractivity contribution is 6.60. The molecule has 0 amide bonds. The summed E-state index contributed by atoms with van der Waals surface area (Å²) >= 11 is 0. The Kier molecular flexibility index (Phi) is 13.0. The Bertz CT molecular complexity index is 318. The number of ketones is 1. The van der Waals surface area contributed by atoms with Crippen molar-refractivity contribution in [1.29, 1.82) is 0 Å². The van der Waals surface area contributed by atoms with Crippen LogP contribution < -0.4 is 0 Å². The first-order valence-electron chi connectivity index (χ1n) is 8.75. The van der Waals surface area contributed by atoms with Gasteiger partial charge in [-0.3, -0.25) is 4.79 Å². The molecule has 150 valence electrons. The molecule has 0 fully saturated rings. The van der Waals surface area contributed by atoms with Crippen LogP contribution in [-0.4, -0.2) is 66.1 Å². The molecule has 0 saturated heterocycles. The monoisotopic (exact) mass is 396 g/mol. The fourth-order valence-corrected chi connectivity index (χ4v) is 6.50. The summed E-state index contributed by atoms with van der Waals surface area (Å²) in [5, 5.41) is 0. The van der Waals surface area contributed by atoms with Gasteiger partial charge in [0.1, 0.15) is 5.78 Å². The predicted molar refractivity (Wildman–Crippen MR) is 100 cm³/mol. The molecular weight excluding hydrogens is 360 g/mol. The lowest BCUT2D eigenvalue weighted by molar-refractivity contribution is -0.123. The number of carbonyl (C=O) groups is 1. The van der Waals surface area contributed by atoms with Crippen molar-refractivity contribution in [1.82, 2.24) is 0 Å². The van der Waals surface area contributed by atoms with E-state index in [0.717, 1.165) is 25.7 Å². The van der Waals surface area contributed by atoms with Crippen LogP contribution in [-0.2, 0) is 31.4 Å². The summed E-state index contributed by atoms with van der Waals surface area (Å²) in [7, 11) is 4.51. The predicted octanol–water partition coefficient (Wildman–Crippen LogP) is 2.90. The second kappa shape index (κ2) is 13.1. The third-order valence-electron chi connectivity index (χ3n) is 4.74. The highest BCUT2D eigenvalue weighted by Crippen LogP contribution is 2.25. The minimum Gasteiger partial charge on any atom is -0.377 e. The zero-order chi connectivity index (χ0) is 19.3. The van der Waals surface area contributed by atoms with Crippen LogP contribution in [0.2, 0.25) is 12.1 Å². The molecule has 0 N–H and O–H groups in total. The van der Waals surface area contributed by atoms with Crippen LogP contribution in [0.5, 0.6) is 0 Å². The third-order valence-corrected chi connectivity index (χ3v) is 10.4. The second-order valence-electron chi connectivity index (χ2n) is 5.89. The summed E-state index contributed by atoms with van der Waals surface area (Å²) in [5.41, 5.74) is 0. The minimum atomic E-state index is -2.57. The molecule has 0 aromatic carbocycles. The maximum Gasteiger partial charge on any atom is 0.500 e. The Morgan fingerprint density at radius 2 is 1.04 bits per heavy atom. The molecular formula is C16H36O7Si2. The quantitative estimate of drug-likeness (QED) is 0.371. The van der Waals surface area contributed by atoms with E-state index >= 15 is 0 Å². The van der Waals surface area contributed by atoms with E-state index in [-0.39, 0.29) is 5.92 Å². The van der Waals surface area contributed by atoms with E-state index in [2.05, 4.69) is 0 Å². The van der Waals surface area contributed by atoms with Gasteiger partial charge in [-0.1, -0.05) is 6.92 Å². The first-order valence-corrected chi connectivity index (χ1v) is 12.6. The lowest BCUT2D eigenvalue weighted by atomic mass is 9.92. The summed E-state index contributed by atoms with van der Waals surface area (Å²) in [6, 6.07) is 1.41. The summed E-state index contributed by atoms with van der Waals surface area (Å²) in [6.07, 6.45) is 3.82. The topological polar surface area (TPSA) is 72.5 Å². The van der Waals surface area contributed by atoms with Crippen LogP contribution in [0.3, 0.4) is 0 Å². The lowest BCUT2D eigenvalue weighted by Crippen LogP contribution is -2.43. The maximum absolute atomic E-state index is 12.3. The van der Waals surface area contributed by atoms with Crippen molar-refractivity contribution in [2.24, 2.45) is 5.92 Å². The first-order chi connectivity index (χ1) is 11.9. The Morgan fingerprint density at radius 1 is 0.720 bits per heavy atom. The van der Waals surface area contributed by atoms with E-state index in [1.165, 1.54) is 0 Å². The van der Waals surface area contributed by atoms with Crippen LogP contribution in [0.4, 0.5) is 0 Å². The van der Waals surface area contributed by atoms with Gasteiger partial charge in [0.15, 0.2) is 0 Å². The van der Waals surface area contributed by atoms with Crippen LogP contribution in [0.15, 0.2) is 0 Å². The average molecular weight is 397 g/mol. The molecule has 0 bridgehead atoms. The molecule has 0 aliphatic carbocycles. The lowest BCUT2D eigenvalue weighted by Gasteiger charge is -2.26. The zero-order valence-corrected chi connectivity index (χ0v) is 18.9. The fourth-order valence-electron chi connectivity index (χ4n) is 3.00. The number of carbonyl (C=O) groups excluding carboxylic acids is 1. The minimum absolute atomic E-state index is 0.0273. The SMILES string of the molecule is CCC(=O)C(CCC[Si](OC)(OC)OC)CCC[Si](OC)(OC)OC. The number of hydrogen-bond donors (Lipinski definition) is 0. The highest BCUT2D eigenvalue weighted by atomic mass is 28.4. The molecule has 7 nitrogen and oxygen atoms in total. The molecule has 0 radical (unpaired) electrons. The normalized spacial score (nSPS) is 12.8. The van der Waals surface area contributed by atoms with Crippen molar-refractivity contribution in [3.05, 3.63) is 0 Å². The molecule has 0 aromatic rings. The molecule has 25 heavy (non-hydrogen) atoms. The Morgan fingerprint density at radius 3 is 1.28 bits per heavy atom. The maximum atomic E-state index is 12.3. The third kappa shape index (κ3) is 7.96. The van der Waals surface area contributed by atoms with Crippen LogP contribution in [0.1, 0.15) is 39.0 Å². The Hall–Kier alpha value is -0.136. The Balaban J connectivity index is 4.59. The Labute approximate surface area is 155 Å². The van der Waals surface area contributed by atoms with Gasteiger partial charge < -0.3 is 26.6 Å². The van der Waals surface area contributed by atoms with Gasteiger partial charge in [0.25, 0.3) is 0 Å². The smallest absolute Gasteiger partial charge is 0.377 e. The number of rotatable bonds is 16. The molecule has 0 heterocycles. The highest BCUT2D eigenvalue weighted by Gasteiger charge is 2.38. The molecule has 0 saturated carbocycles. The van der Waals surface area contributed by atoms with Gasteiger partial charge in [-0.25, -0.2) is 0 Å². The molecule has 0 aliphatic rings. The molecule has 0 unspecified atom stereocenters. The van der Waals surface area contributed by atoms with Gasteiger partial charge in [0.05, 0.1) is 0 Å². The van der Waals surface area contributed by atoms with Gasteiger partial charge in [0.2, 0.25) is 0 Å². The van der Waals surface area contributed by atoms with Gasteiger partial charge in [-0.2, -0.15) is 0 Å². The molecule has 0 spiro atoms. The first kappa shape index (κ1) is 24.9. The van der Waals surface area contributed by atoms with E-state index in [1.54, 1.807) is 42.7 Å². The van der Waals surface area contributed by atoms with Crippen LogP contribution in [0.25, 0.3) is 0 Å². The molecule has 0 rings (SSSR count). The molecule has 9 heteroatoms. The van der Waals surface area contributed by atoms with Crippen molar-refractivity contribution >= 4 is 23.4 Å². The van der Waals surface area contributed by atoms with Crippen LogP contribution in [0, 0.1) is 5.92 Å². The van der Waals surface area contributed by atoms with E-state index in [9.17, 15) is 4.79 Å². The van der Waals surface area contributed by atoms with Gasteiger partial charge in [0, 0.05) is 67.1 Å². The van der Waals surface area contributed by atoms with Gasteiger partial charge >= 0.3 is 17.6 Å². The van der Waals surface area contributed by atoms with Crippen LogP contribution >= 0.6 is 0 Å². The summed E-state index contributed by atoms with van der Waals surface area (Å²) in [5.74, 6) is 0.318. The molecule has 0 aliphatic heterocycles. The molecule has 0 aromatic heterocycles. The van der Waals surface area contributed by atoms with Gasteiger partial charge in [-0.15, -0.1) is 0 Å². The van der Waals surface area contributed by atoms with Crippen molar-refractivity contribution in [3.8, 4) is 0 Å². The largest absolute Gasteiger partial charge is 0.500 e. The van der Waals surface area contributed by atoms with Crippen molar-refractivity contribution in [2.45, 2.75) is 51.1 Å². The molecule has 0 atom stereocenters. The van der Waals surface area contributed by atoms with Crippen molar-refractivity contribution < 1.29 is 31.4 Å². The van der Waals surface area contributed by atoms with Gasteiger partial charge in [-0.05, 0) is 25.7 Å². The second-order valence-corrected chi connectivity index (χ2v) is 12.1. The van der Waals surface area contributed by atoms with Crippen molar-refractivity contribution in [3.63, 3.8) is 0 Å². The zero-order valence-electron chi connectivity index (χ0n) is 16.9. The average Bonchev–Trinajstić information content (AvgIpc) is 2.67. The fraction of sp³-hybridized carbons (Fsp3) is 0.938. The summed E-state index contributed by atoms with van der Waals surface area (Å²) in [6.45, 7) is 1.91. The van der Waals surface area contributed by atoms with E-state index in [1.807, 2.05) is 6.92 Å². The van der Waals surface area contributed by atoms with E-state index < -0.39 is 17.6 Å². The standard InChI is InChI=1S/C16H36O7Si2/c1-8-16(17)15(11-9-13-24(18-2,19-3)20-4)12-10-14-25(21-5,22-6)23-7/h15H,8-14H2,1-7H3. The van der Waals surface area contributed by atoms with E-state index in [4.69, 9.17) is 26.6 Å². The number of Topliss-reactive ketones (excluding diaryl/α,β-unsaturated/α-hetero) is 1. The van der Waals surface area contributed by atoms with Crippen molar-refractivity contribution in [2.75, 3.05) is 42.7 Å². The number of hydrogen-bond acceptors (Lipinski definition) is 7.